The van der Waals surface area contributed by atoms with Crippen LogP contribution >= 0.6 is 0 Å². The lowest BCUT2D eigenvalue weighted by Gasteiger charge is -2.24. The molecular formula is C62H46. The lowest BCUT2D eigenvalue weighted by Crippen LogP contribution is -2.15. The highest BCUT2D eigenvalue weighted by atomic mass is 14.4. The minimum Gasteiger partial charge on any atom is -0.0622 e. The molecule has 10 aromatic carbocycles. The maximum Gasteiger partial charge on any atom is 0.0159 e. The molecule has 0 aromatic heterocycles. The third kappa shape index (κ3) is 5.46. The SMILES string of the molecule is CC1(C)c2ccccc2-c2ccc(-c3ccc4c(-c5ccc(-c6ccccc6)cc5)c5cc6c(cc5c(-c5ccc(-c7ccccc7)cc5)c4c3)C(C)(C)c3ccccc3-6)cc21. The van der Waals surface area contributed by atoms with E-state index in [0.29, 0.717) is 0 Å². The van der Waals surface area contributed by atoms with E-state index in [1.54, 1.807) is 0 Å². The summed E-state index contributed by atoms with van der Waals surface area (Å²) >= 11 is 0. The molecule has 12 rings (SSSR count). The minimum absolute atomic E-state index is 0.0789. The summed E-state index contributed by atoms with van der Waals surface area (Å²) in [5, 5.41) is 5.09. The largest absolute Gasteiger partial charge is 0.0622 e. The lowest BCUT2D eigenvalue weighted by molar-refractivity contribution is 0.660. The first-order valence-electron chi connectivity index (χ1n) is 22.0. The van der Waals surface area contributed by atoms with E-state index in [4.69, 9.17) is 0 Å². The van der Waals surface area contributed by atoms with E-state index < -0.39 is 0 Å². The summed E-state index contributed by atoms with van der Waals surface area (Å²) in [6.45, 7) is 9.54. The van der Waals surface area contributed by atoms with Crippen LogP contribution < -0.4 is 0 Å². The number of hydrogen-bond donors (Lipinski definition) is 0. The molecule has 0 aliphatic heterocycles. The van der Waals surface area contributed by atoms with Gasteiger partial charge in [0.05, 0.1) is 0 Å². The van der Waals surface area contributed by atoms with Crippen LogP contribution in [-0.2, 0) is 10.8 Å². The first-order valence-corrected chi connectivity index (χ1v) is 22.0. The molecule has 0 unspecified atom stereocenters. The monoisotopic (exact) mass is 790 g/mol. The molecule has 0 amide bonds. The van der Waals surface area contributed by atoms with Crippen LogP contribution in [0.15, 0.2) is 206 Å². The van der Waals surface area contributed by atoms with Gasteiger partial charge in [-0.25, -0.2) is 0 Å². The maximum atomic E-state index is 2.55. The van der Waals surface area contributed by atoms with Crippen molar-refractivity contribution in [2.45, 2.75) is 38.5 Å². The first kappa shape index (κ1) is 36.6. The average molecular weight is 791 g/mol. The van der Waals surface area contributed by atoms with Gasteiger partial charge in [-0.05, 0) is 146 Å². The second-order valence-corrected chi connectivity index (χ2v) is 18.4. The Kier molecular flexibility index (Phi) is 8.03. The van der Waals surface area contributed by atoms with Crippen molar-refractivity contribution >= 4 is 21.5 Å². The van der Waals surface area contributed by atoms with Crippen LogP contribution in [0.5, 0.6) is 0 Å². The molecule has 0 saturated heterocycles. The molecule has 0 fully saturated rings. The third-order valence-corrected chi connectivity index (χ3v) is 14.3. The van der Waals surface area contributed by atoms with Crippen molar-refractivity contribution in [1.29, 1.82) is 0 Å². The predicted molar refractivity (Wildman–Crippen MR) is 264 cm³/mol. The van der Waals surface area contributed by atoms with E-state index in [0.717, 1.165) is 0 Å². The molecule has 2 aliphatic carbocycles. The van der Waals surface area contributed by atoms with Gasteiger partial charge in [0.25, 0.3) is 0 Å². The minimum atomic E-state index is -0.141. The van der Waals surface area contributed by atoms with Crippen LogP contribution in [0.3, 0.4) is 0 Å². The number of rotatable bonds is 5. The quantitative estimate of drug-likeness (QED) is 0.152. The Morgan fingerprint density at radius 1 is 0.226 bits per heavy atom. The molecule has 0 spiro atoms. The molecule has 62 heavy (non-hydrogen) atoms. The molecule has 0 heterocycles. The molecule has 0 radical (unpaired) electrons. The second-order valence-electron chi connectivity index (χ2n) is 18.4. The van der Waals surface area contributed by atoms with Crippen LogP contribution in [0.1, 0.15) is 49.9 Å². The summed E-state index contributed by atoms with van der Waals surface area (Å²) in [6.07, 6.45) is 0. The summed E-state index contributed by atoms with van der Waals surface area (Å²) in [5.41, 5.74) is 23.1. The van der Waals surface area contributed by atoms with E-state index in [2.05, 4.69) is 234 Å². The Balaban J connectivity index is 1.15. The Morgan fingerprint density at radius 2 is 0.597 bits per heavy atom. The van der Waals surface area contributed by atoms with Crippen molar-refractivity contribution in [3.63, 3.8) is 0 Å². The van der Waals surface area contributed by atoms with Crippen molar-refractivity contribution < 1.29 is 0 Å². The van der Waals surface area contributed by atoms with Gasteiger partial charge in [0, 0.05) is 10.8 Å². The van der Waals surface area contributed by atoms with Crippen LogP contribution in [0.25, 0.3) is 99.4 Å². The fourth-order valence-electron chi connectivity index (χ4n) is 11.0. The van der Waals surface area contributed by atoms with E-state index >= 15 is 0 Å². The normalized spacial score (nSPS) is 14.1. The number of hydrogen-bond acceptors (Lipinski definition) is 0. The van der Waals surface area contributed by atoms with E-state index in [1.165, 1.54) is 122 Å². The molecule has 2 aliphatic rings. The molecule has 0 saturated carbocycles. The van der Waals surface area contributed by atoms with Crippen molar-refractivity contribution in [1.82, 2.24) is 0 Å². The zero-order chi connectivity index (χ0) is 41.7. The molecule has 10 aromatic rings. The predicted octanol–water partition coefficient (Wildman–Crippen LogP) is 16.9. The Labute approximate surface area is 364 Å². The van der Waals surface area contributed by atoms with E-state index in [-0.39, 0.29) is 10.8 Å². The average Bonchev–Trinajstić information content (AvgIpc) is 3.69. The van der Waals surface area contributed by atoms with Crippen LogP contribution in [0, 0.1) is 0 Å². The van der Waals surface area contributed by atoms with Gasteiger partial charge in [-0.1, -0.05) is 210 Å². The Bertz CT molecular complexity index is 3400. The molecule has 0 heteroatoms. The van der Waals surface area contributed by atoms with Gasteiger partial charge >= 0.3 is 0 Å². The summed E-state index contributed by atoms with van der Waals surface area (Å²) in [5.74, 6) is 0. The molecule has 0 atom stereocenters. The molecule has 294 valence electrons. The third-order valence-electron chi connectivity index (χ3n) is 14.3. The van der Waals surface area contributed by atoms with Crippen molar-refractivity contribution in [2.75, 3.05) is 0 Å². The summed E-state index contributed by atoms with van der Waals surface area (Å²) in [6, 6.07) is 77.4. The summed E-state index contributed by atoms with van der Waals surface area (Å²) in [7, 11) is 0. The van der Waals surface area contributed by atoms with Crippen LogP contribution in [0.4, 0.5) is 0 Å². The summed E-state index contributed by atoms with van der Waals surface area (Å²) in [4.78, 5) is 0. The van der Waals surface area contributed by atoms with Gasteiger partial charge in [0.2, 0.25) is 0 Å². The molecule has 0 N–H and O–H groups in total. The zero-order valence-corrected chi connectivity index (χ0v) is 35.6. The zero-order valence-electron chi connectivity index (χ0n) is 35.6. The van der Waals surface area contributed by atoms with Gasteiger partial charge in [-0.2, -0.15) is 0 Å². The van der Waals surface area contributed by atoms with Crippen molar-refractivity contribution in [3.05, 3.63) is 229 Å². The smallest absolute Gasteiger partial charge is 0.0159 e. The highest BCUT2D eigenvalue weighted by Crippen LogP contribution is 2.54. The van der Waals surface area contributed by atoms with Gasteiger partial charge in [-0.3, -0.25) is 0 Å². The molecule has 0 bridgehead atoms. The van der Waals surface area contributed by atoms with Crippen LogP contribution in [0.2, 0.25) is 0 Å². The fourth-order valence-corrected chi connectivity index (χ4v) is 11.0. The van der Waals surface area contributed by atoms with Gasteiger partial charge in [0.1, 0.15) is 0 Å². The highest BCUT2D eigenvalue weighted by molar-refractivity contribution is 6.23. The van der Waals surface area contributed by atoms with E-state index in [9.17, 15) is 0 Å². The van der Waals surface area contributed by atoms with Gasteiger partial charge in [0.15, 0.2) is 0 Å². The standard InChI is InChI=1S/C62H46/c1-61(2)55-21-13-11-19-47(55)49-33-31-46(36-57(49)61)45-32-34-50-52(35-45)60(44-29-25-42(26-30-44)40-17-9-6-10-18-40)54-38-58-51(48-20-12-14-22-56(48)62(58,3)4)37-53(54)59(50)43-27-23-41(24-28-43)39-15-7-5-8-16-39/h5-38H,1-4H3. The van der Waals surface area contributed by atoms with E-state index in [1.807, 2.05) is 0 Å². The highest BCUT2D eigenvalue weighted by Gasteiger charge is 2.37. The Hall–Kier alpha value is -7.28. The van der Waals surface area contributed by atoms with Gasteiger partial charge in [-0.15, -0.1) is 0 Å². The lowest BCUT2D eigenvalue weighted by atomic mass is 9.79. The van der Waals surface area contributed by atoms with Crippen LogP contribution in [-0.4, -0.2) is 0 Å². The summed E-state index contributed by atoms with van der Waals surface area (Å²) < 4.78 is 0. The topological polar surface area (TPSA) is 0 Å². The molecular weight excluding hydrogens is 745 g/mol. The number of benzene rings is 10. The number of fused-ring (bicyclic) bond motifs is 8. The maximum absolute atomic E-state index is 2.55. The first-order chi connectivity index (χ1) is 30.3. The van der Waals surface area contributed by atoms with Crippen molar-refractivity contribution in [2.24, 2.45) is 0 Å². The second kappa shape index (κ2) is 13.6. The van der Waals surface area contributed by atoms with Gasteiger partial charge < -0.3 is 0 Å². The fraction of sp³-hybridized carbons (Fsp3) is 0.0968. The molecule has 0 nitrogen and oxygen atoms in total. The Morgan fingerprint density at radius 3 is 1.18 bits per heavy atom. The van der Waals surface area contributed by atoms with Crippen molar-refractivity contribution in [3.8, 4) is 77.9 Å².